The minimum Gasteiger partial charge on any atom is -0.378 e. The van der Waals surface area contributed by atoms with Gasteiger partial charge in [0.25, 0.3) is 0 Å². The Balaban J connectivity index is 1.90. The van der Waals surface area contributed by atoms with Crippen LogP contribution < -0.4 is 5.32 Å². The van der Waals surface area contributed by atoms with Gasteiger partial charge >= 0.3 is 6.55 Å². The van der Waals surface area contributed by atoms with E-state index in [1.54, 1.807) is 0 Å². The summed E-state index contributed by atoms with van der Waals surface area (Å²) in [6, 6.07) is 0.276. The monoisotopic (exact) mass is 203 g/mol. The molecule has 0 radical (unpaired) electrons. The van der Waals surface area contributed by atoms with Crippen molar-refractivity contribution < 1.29 is 13.5 Å². The lowest BCUT2D eigenvalue weighted by atomic mass is 10.2. The maximum atomic E-state index is 12.4. The average molecular weight is 203 g/mol. The van der Waals surface area contributed by atoms with E-state index in [1.807, 2.05) is 0 Å². The van der Waals surface area contributed by atoms with E-state index in [0.717, 1.165) is 4.57 Å². The van der Waals surface area contributed by atoms with Crippen LogP contribution in [0.1, 0.15) is 12.4 Å². The topological polar surface area (TPSA) is 39.1 Å². The number of hydrogen-bond acceptors (Lipinski definition) is 3. The molecule has 0 bridgehead atoms. The minimum absolute atomic E-state index is 0.276. The second kappa shape index (κ2) is 4.02. The van der Waals surface area contributed by atoms with Gasteiger partial charge in [0.15, 0.2) is 0 Å². The summed E-state index contributed by atoms with van der Waals surface area (Å²) in [6.45, 7) is -0.872. The van der Waals surface area contributed by atoms with Crippen LogP contribution in [0.2, 0.25) is 0 Å². The second-order valence-electron chi connectivity index (χ2n) is 3.14. The first kappa shape index (κ1) is 9.54. The van der Waals surface area contributed by atoms with Gasteiger partial charge in [0.2, 0.25) is 0 Å². The van der Waals surface area contributed by atoms with Crippen molar-refractivity contribution in [2.24, 2.45) is 0 Å². The molecule has 0 aliphatic carbocycles. The van der Waals surface area contributed by atoms with Crippen molar-refractivity contribution in [3.63, 3.8) is 0 Å². The summed E-state index contributed by atoms with van der Waals surface area (Å²) in [4.78, 5) is 3.85. The number of imidazole rings is 1. The van der Waals surface area contributed by atoms with Gasteiger partial charge in [-0.25, -0.2) is 4.98 Å². The molecule has 1 aromatic rings. The molecule has 0 spiro atoms. The van der Waals surface area contributed by atoms with E-state index in [-0.39, 0.29) is 6.04 Å². The third-order valence-corrected chi connectivity index (χ3v) is 2.15. The van der Waals surface area contributed by atoms with Gasteiger partial charge in [-0.15, -0.1) is 0 Å². The molecule has 0 amide bonds. The molecule has 2 rings (SSSR count). The number of hydrogen-bond donors (Lipinski definition) is 1. The van der Waals surface area contributed by atoms with Crippen LogP contribution in [0.15, 0.2) is 12.4 Å². The molecule has 0 aromatic carbocycles. The van der Waals surface area contributed by atoms with Crippen LogP contribution >= 0.6 is 0 Å². The molecule has 78 valence electrons. The fraction of sp³-hybridized carbons (Fsp3) is 0.625. The highest BCUT2D eigenvalue weighted by molar-refractivity contribution is 4.93. The lowest BCUT2D eigenvalue weighted by Gasteiger charge is -2.26. The zero-order valence-corrected chi connectivity index (χ0v) is 7.49. The number of nitrogens with one attached hydrogen (secondary N) is 1. The predicted molar refractivity (Wildman–Crippen MR) is 44.9 cm³/mol. The Morgan fingerprint density at radius 2 is 2.43 bits per heavy atom. The third kappa shape index (κ3) is 1.91. The Morgan fingerprint density at radius 3 is 3.00 bits per heavy atom. The van der Waals surface area contributed by atoms with Gasteiger partial charge in [-0.3, -0.25) is 4.57 Å². The van der Waals surface area contributed by atoms with Crippen molar-refractivity contribution in [1.29, 1.82) is 0 Å². The van der Waals surface area contributed by atoms with E-state index >= 15 is 0 Å². The molecule has 1 fully saturated rings. The lowest BCUT2D eigenvalue weighted by molar-refractivity contribution is -0.00680. The molecule has 2 heterocycles. The van der Waals surface area contributed by atoms with Crippen LogP contribution in [0.25, 0.3) is 0 Å². The quantitative estimate of drug-likeness (QED) is 0.785. The van der Waals surface area contributed by atoms with Gasteiger partial charge in [0, 0.05) is 12.4 Å². The van der Waals surface area contributed by atoms with E-state index in [1.165, 1.54) is 12.4 Å². The molecule has 0 saturated carbocycles. The largest absolute Gasteiger partial charge is 0.378 e. The first-order valence-corrected chi connectivity index (χ1v) is 4.38. The van der Waals surface area contributed by atoms with Crippen LogP contribution in [0.4, 0.5) is 8.78 Å². The Kier molecular flexibility index (Phi) is 2.74. The van der Waals surface area contributed by atoms with Crippen LogP contribution in [0, 0.1) is 0 Å². The van der Waals surface area contributed by atoms with Crippen LogP contribution in [-0.2, 0) is 11.3 Å². The number of ether oxygens (including phenoxy) is 1. The number of nitrogens with zero attached hydrogens (tertiary/aromatic N) is 2. The zero-order chi connectivity index (χ0) is 9.97. The van der Waals surface area contributed by atoms with Crippen LogP contribution in [0.5, 0.6) is 0 Å². The zero-order valence-electron chi connectivity index (χ0n) is 7.49. The molecule has 1 aliphatic rings. The molecule has 6 heteroatoms. The predicted octanol–water partition coefficient (Wildman–Crippen LogP) is 0.767. The van der Waals surface area contributed by atoms with Gasteiger partial charge in [-0.05, 0) is 0 Å². The van der Waals surface area contributed by atoms with Gasteiger partial charge < -0.3 is 10.1 Å². The van der Waals surface area contributed by atoms with Crippen molar-refractivity contribution in [2.75, 3.05) is 13.2 Å². The highest BCUT2D eigenvalue weighted by Crippen LogP contribution is 2.12. The van der Waals surface area contributed by atoms with Gasteiger partial charge in [0.05, 0.1) is 25.8 Å². The standard InChI is InChI=1S/C8H11F2N3O/c9-8(10)13-2-1-11-7(13)3-12-6-4-14-5-6/h1-2,6,8,12H,3-5H2. The van der Waals surface area contributed by atoms with Crippen LogP contribution in [0.3, 0.4) is 0 Å². The molecule has 1 aliphatic heterocycles. The Hall–Kier alpha value is -1.01. The molecular formula is C8H11F2N3O. The number of aromatic nitrogens is 2. The Labute approximate surface area is 79.9 Å². The summed E-state index contributed by atoms with van der Waals surface area (Å²) in [5.41, 5.74) is 0. The maximum absolute atomic E-state index is 12.4. The molecule has 0 atom stereocenters. The maximum Gasteiger partial charge on any atom is 0.319 e. The van der Waals surface area contributed by atoms with E-state index < -0.39 is 6.55 Å². The first-order chi connectivity index (χ1) is 6.77. The van der Waals surface area contributed by atoms with Gasteiger partial charge in [-0.2, -0.15) is 8.78 Å². The van der Waals surface area contributed by atoms with E-state index in [4.69, 9.17) is 4.74 Å². The summed E-state index contributed by atoms with van der Waals surface area (Å²) in [6.07, 6.45) is 2.65. The van der Waals surface area contributed by atoms with Crippen molar-refractivity contribution >= 4 is 0 Å². The summed E-state index contributed by atoms with van der Waals surface area (Å²) in [5, 5.41) is 3.08. The number of rotatable bonds is 4. The average Bonchev–Trinajstić information content (AvgIpc) is 2.49. The smallest absolute Gasteiger partial charge is 0.319 e. The Morgan fingerprint density at radius 1 is 1.64 bits per heavy atom. The van der Waals surface area contributed by atoms with Crippen LogP contribution in [-0.4, -0.2) is 28.8 Å². The molecule has 1 aromatic heterocycles. The van der Waals surface area contributed by atoms with E-state index in [2.05, 4.69) is 10.3 Å². The van der Waals surface area contributed by atoms with Gasteiger partial charge in [-0.1, -0.05) is 0 Å². The summed E-state index contributed by atoms with van der Waals surface area (Å²) >= 11 is 0. The fourth-order valence-corrected chi connectivity index (χ4v) is 1.25. The third-order valence-electron chi connectivity index (χ3n) is 2.15. The second-order valence-corrected chi connectivity index (χ2v) is 3.14. The summed E-state index contributed by atoms with van der Waals surface area (Å²) < 4.78 is 30.5. The van der Waals surface area contributed by atoms with E-state index in [0.29, 0.717) is 25.6 Å². The number of halogens is 2. The normalized spacial score (nSPS) is 17.4. The SMILES string of the molecule is FC(F)n1ccnc1CNC1COC1. The fourth-order valence-electron chi connectivity index (χ4n) is 1.25. The highest BCUT2D eigenvalue weighted by atomic mass is 19.3. The molecular weight excluding hydrogens is 192 g/mol. The van der Waals surface area contributed by atoms with Crippen molar-refractivity contribution in [1.82, 2.24) is 14.9 Å². The summed E-state index contributed by atoms with van der Waals surface area (Å²) in [7, 11) is 0. The van der Waals surface area contributed by atoms with Crippen molar-refractivity contribution in [2.45, 2.75) is 19.1 Å². The number of alkyl halides is 2. The summed E-state index contributed by atoms with van der Waals surface area (Å²) in [5.74, 6) is 0.354. The molecule has 1 N–H and O–H groups in total. The molecule has 1 saturated heterocycles. The lowest BCUT2D eigenvalue weighted by Crippen LogP contribution is -2.45. The van der Waals surface area contributed by atoms with Crippen molar-refractivity contribution in [3.05, 3.63) is 18.2 Å². The minimum atomic E-state index is -2.52. The van der Waals surface area contributed by atoms with Gasteiger partial charge in [0.1, 0.15) is 5.82 Å². The molecule has 0 unspecified atom stereocenters. The molecule has 4 nitrogen and oxygen atoms in total. The molecule has 14 heavy (non-hydrogen) atoms. The highest BCUT2D eigenvalue weighted by Gasteiger charge is 2.19. The van der Waals surface area contributed by atoms with E-state index in [9.17, 15) is 8.78 Å². The van der Waals surface area contributed by atoms with Crippen molar-refractivity contribution in [3.8, 4) is 0 Å². The Bertz CT molecular complexity index is 299. The first-order valence-electron chi connectivity index (χ1n) is 4.38.